The lowest BCUT2D eigenvalue weighted by atomic mass is 9.91. The molecule has 0 bridgehead atoms. The topological polar surface area (TPSA) is 26.0 Å². The molecule has 0 fully saturated rings. The van der Waals surface area contributed by atoms with Crippen LogP contribution >= 0.6 is 0 Å². The molecule has 1 heteroatoms. The summed E-state index contributed by atoms with van der Waals surface area (Å²) in [5.41, 5.74) is 7.49. The fraction of sp³-hybridized carbons (Fsp3) is 0.571. The molecule has 2 atom stereocenters. The van der Waals surface area contributed by atoms with Crippen LogP contribution in [0.3, 0.4) is 0 Å². The second-order valence-corrected chi connectivity index (χ2v) is 4.41. The minimum Gasteiger partial charge on any atom is -0.324 e. The molecule has 1 nitrogen and oxygen atoms in total. The van der Waals surface area contributed by atoms with Gasteiger partial charge in [-0.05, 0) is 17.9 Å². The zero-order valence-electron chi connectivity index (χ0n) is 9.95. The zero-order chi connectivity index (χ0) is 11.1. The van der Waals surface area contributed by atoms with Gasteiger partial charge in [0, 0.05) is 6.04 Å². The van der Waals surface area contributed by atoms with Gasteiger partial charge in [-0.2, -0.15) is 0 Å². The summed E-state index contributed by atoms with van der Waals surface area (Å²) in [7, 11) is 0. The summed E-state index contributed by atoms with van der Waals surface area (Å²) in [4.78, 5) is 0. The van der Waals surface area contributed by atoms with E-state index >= 15 is 0 Å². The van der Waals surface area contributed by atoms with E-state index in [9.17, 15) is 0 Å². The van der Waals surface area contributed by atoms with Crippen LogP contribution in [-0.4, -0.2) is 0 Å². The Labute approximate surface area is 93.7 Å². The molecule has 15 heavy (non-hydrogen) atoms. The smallest absolute Gasteiger partial charge is 0.0320 e. The number of hydrogen-bond donors (Lipinski definition) is 1. The largest absolute Gasteiger partial charge is 0.324 e. The van der Waals surface area contributed by atoms with Crippen molar-refractivity contribution >= 4 is 0 Å². The van der Waals surface area contributed by atoms with Crippen LogP contribution in [0, 0.1) is 5.92 Å². The van der Waals surface area contributed by atoms with Crippen molar-refractivity contribution in [3.05, 3.63) is 35.9 Å². The van der Waals surface area contributed by atoms with Gasteiger partial charge in [0.25, 0.3) is 0 Å². The molecule has 0 radical (unpaired) electrons. The van der Waals surface area contributed by atoms with Crippen LogP contribution in [0.15, 0.2) is 30.3 Å². The normalized spacial score (nSPS) is 14.9. The van der Waals surface area contributed by atoms with Crippen LogP contribution in [0.5, 0.6) is 0 Å². The third-order valence-electron chi connectivity index (χ3n) is 3.06. The summed E-state index contributed by atoms with van der Waals surface area (Å²) < 4.78 is 0. The van der Waals surface area contributed by atoms with E-state index in [1.165, 1.54) is 31.2 Å². The van der Waals surface area contributed by atoms with Gasteiger partial charge in [0.2, 0.25) is 0 Å². The van der Waals surface area contributed by atoms with E-state index in [-0.39, 0.29) is 6.04 Å². The second kappa shape index (κ2) is 6.62. The van der Waals surface area contributed by atoms with E-state index in [0.29, 0.717) is 5.92 Å². The summed E-state index contributed by atoms with van der Waals surface area (Å²) in [5, 5.41) is 0. The standard InChI is InChI=1S/C14H23N/c1-3-4-6-9-12(2)14(15)13-10-7-5-8-11-13/h5,7-8,10-12,14H,3-4,6,9,15H2,1-2H3. The van der Waals surface area contributed by atoms with Crippen molar-refractivity contribution in [2.24, 2.45) is 11.7 Å². The van der Waals surface area contributed by atoms with E-state index in [1.807, 2.05) is 6.07 Å². The Bertz CT molecular complexity index is 255. The summed E-state index contributed by atoms with van der Waals surface area (Å²) in [5.74, 6) is 0.582. The molecule has 0 saturated heterocycles. The maximum atomic E-state index is 6.22. The Kier molecular flexibility index (Phi) is 5.41. The van der Waals surface area contributed by atoms with E-state index in [0.717, 1.165) is 0 Å². The van der Waals surface area contributed by atoms with Crippen molar-refractivity contribution in [1.82, 2.24) is 0 Å². The van der Waals surface area contributed by atoms with Crippen LogP contribution in [0.4, 0.5) is 0 Å². The molecule has 0 aliphatic rings. The van der Waals surface area contributed by atoms with Gasteiger partial charge in [0.15, 0.2) is 0 Å². The van der Waals surface area contributed by atoms with Gasteiger partial charge in [0.05, 0.1) is 0 Å². The van der Waals surface area contributed by atoms with E-state index in [4.69, 9.17) is 5.73 Å². The van der Waals surface area contributed by atoms with Crippen molar-refractivity contribution in [3.8, 4) is 0 Å². The molecule has 2 N–H and O–H groups in total. The molecule has 0 saturated carbocycles. The number of hydrogen-bond acceptors (Lipinski definition) is 1. The zero-order valence-corrected chi connectivity index (χ0v) is 9.95. The molecule has 0 aliphatic carbocycles. The van der Waals surface area contributed by atoms with Gasteiger partial charge in [-0.1, -0.05) is 63.4 Å². The van der Waals surface area contributed by atoms with E-state index < -0.39 is 0 Å². The average Bonchev–Trinajstić information content (AvgIpc) is 2.29. The highest BCUT2D eigenvalue weighted by Crippen LogP contribution is 2.23. The highest BCUT2D eigenvalue weighted by Gasteiger charge is 2.13. The Hall–Kier alpha value is -0.820. The molecule has 0 aliphatic heterocycles. The van der Waals surface area contributed by atoms with Gasteiger partial charge < -0.3 is 5.73 Å². The molecule has 2 unspecified atom stereocenters. The Morgan fingerprint density at radius 1 is 1.13 bits per heavy atom. The maximum Gasteiger partial charge on any atom is 0.0320 e. The molecule has 0 aromatic heterocycles. The molecule has 1 aromatic carbocycles. The van der Waals surface area contributed by atoms with Crippen LogP contribution in [-0.2, 0) is 0 Å². The molecule has 1 aromatic rings. The summed E-state index contributed by atoms with van der Waals surface area (Å²) >= 11 is 0. The number of unbranched alkanes of at least 4 members (excludes halogenated alkanes) is 2. The van der Waals surface area contributed by atoms with Gasteiger partial charge in [-0.25, -0.2) is 0 Å². The molecular weight excluding hydrogens is 182 g/mol. The third-order valence-corrected chi connectivity index (χ3v) is 3.06. The third kappa shape index (κ3) is 4.05. The van der Waals surface area contributed by atoms with E-state index in [1.54, 1.807) is 0 Å². The Balaban J connectivity index is 2.42. The predicted octanol–water partition coefficient (Wildman–Crippen LogP) is 3.90. The molecule has 0 heterocycles. The van der Waals surface area contributed by atoms with Crippen LogP contribution in [0.1, 0.15) is 51.1 Å². The number of benzene rings is 1. The minimum absolute atomic E-state index is 0.197. The lowest BCUT2D eigenvalue weighted by molar-refractivity contribution is 0.418. The first-order chi connectivity index (χ1) is 7.25. The number of rotatable bonds is 6. The monoisotopic (exact) mass is 205 g/mol. The summed E-state index contributed by atoms with van der Waals surface area (Å²) in [6, 6.07) is 10.6. The molecule has 84 valence electrons. The maximum absolute atomic E-state index is 6.22. The van der Waals surface area contributed by atoms with Crippen LogP contribution < -0.4 is 5.73 Å². The van der Waals surface area contributed by atoms with Gasteiger partial charge >= 0.3 is 0 Å². The van der Waals surface area contributed by atoms with E-state index in [2.05, 4.69) is 38.1 Å². The van der Waals surface area contributed by atoms with Gasteiger partial charge in [-0.3, -0.25) is 0 Å². The first-order valence-corrected chi connectivity index (χ1v) is 6.06. The summed E-state index contributed by atoms with van der Waals surface area (Å²) in [6.07, 6.45) is 5.15. The minimum atomic E-state index is 0.197. The second-order valence-electron chi connectivity index (χ2n) is 4.41. The van der Waals surface area contributed by atoms with Crippen molar-refractivity contribution in [3.63, 3.8) is 0 Å². The average molecular weight is 205 g/mol. The number of nitrogens with two attached hydrogens (primary N) is 1. The van der Waals surface area contributed by atoms with Crippen molar-refractivity contribution < 1.29 is 0 Å². The molecule has 1 rings (SSSR count). The molecule has 0 spiro atoms. The van der Waals surface area contributed by atoms with Gasteiger partial charge in [0.1, 0.15) is 0 Å². The highest BCUT2D eigenvalue weighted by atomic mass is 14.6. The van der Waals surface area contributed by atoms with Crippen molar-refractivity contribution in [2.45, 2.75) is 45.6 Å². The fourth-order valence-electron chi connectivity index (χ4n) is 1.90. The Morgan fingerprint density at radius 2 is 1.80 bits per heavy atom. The summed E-state index contributed by atoms with van der Waals surface area (Å²) in [6.45, 7) is 4.50. The van der Waals surface area contributed by atoms with Crippen molar-refractivity contribution in [1.29, 1.82) is 0 Å². The first-order valence-electron chi connectivity index (χ1n) is 6.06. The van der Waals surface area contributed by atoms with Crippen molar-refractivity contribution in [2.75, 3.05) is 0 Å². The first kappa shape index (κ1) is 12.3. The lowest BCUT2D eigenvalue weighted by Gasteiger charge is -2.20. The predicted molar refractivity (Wildman–Crippen MR) is 66.7 cm³/mol. The quantitative estimate of drug-likeness (QED) is 0.700. The molecular formula is C14H23N. The Morgan fingerprint density at radius 3 is 2.40 bits per heavy atom. The fourth-order valence-corrected chi connectivity index (χ4v) is 1.90. The highest BCUT2D eigenvalue weighted by molar-refractivity contribution is 5.18. The van der Waals surface area contributed by atoms with Crippen LogP contribution in [0.25, 0.3) is 0 Å². The lowest BCUT2D eigenvalue weighted by Crippen LogP contribution is -2.18. The SMILES string of the molecule is CCCCCC(C)C(N)c1ccccc1. The molecule has 0 amide bonds. The van der Waals surface area contributed by atoms with Crippen LogP contribution in [0.2, 0.25) is 0 Å². The van der Waals surface area contributed by atoms with Gasteiger partial charge in [-0.15, -0.1) is 0 Å².